The van der Waals surface area contributed by atoms with Gasteiger partial charge in [-0.3, -0.25) is 0 Å². The van der Waals surface area contributed by atoms with E-state index < -0.39 is 0 Å². The van der Waals surface area contributed by atoms with Crippen molar-refractivity contribution in [3.8, 4) is 0 Å². The van der Waals surface area contributed by atoms with Gasteiger partial charge in [0.05, 0.1) is 0 Å². The minimum Gasteiger partial charge on any atom is -0.315 e. The van der Waals surface area contributed by atoms with Crippen LogP contribution in [0.4, 0.5) is 0 Å². The normalized spacial score (nSPS) is 26.1. The van der Waals surface area contributed by atoms with E-state index in [4.69, 9.17) is 0 Å². The molecule has 0 spiro atoms. The summed E-state index contributed by atoms with van der Waals surface area (Å²) in [4.78, 5) is 0. The number of likely N-dealkylation sites (N-methyl/N-ethyl adjacent to an activating group) is 1. The first-order valence-corrected chi connectivity index (χ1v) is 7.49. The van der Waals surface area contributed by atoms with Crippen molar-refractivity contribution in [3.63, 3.8) is 0 Å². The molecule has 0 aromatic heterocycles. The molecule has 1 fully saturated rings. The quantitative estimate of drug-likeness (QED) is 0.877. The van der Waals surface area contributed by atoms with Gasteiger partial charge < -0.3 is 5.32 Å². The molecule has 94 valence electrons. The number of hydrogen-bond acceptors (Lipinski definition) is 2. The van der Waals surface area contributed by atoms with E-state index in [9.17, 15) is 0 Å². The minimum absolute atomic E-state index is 0.416. The Kier molecular flexibility index (Phi) is 4.16. The molecular formula is C15H23NS. The zero-order valence-electron chi connectivity index (χ0n) is 11.1. The SMILES string of the molecule is CNC(Cc1ccc(C)cc1)C1(C)CCCS1. The molecule has 1 N–H and O–H groups in total. The fourth-order valence-electron chi connectivity index (χ4n) is 2.66. The van der Waals surface area contributed by atoms with Crippen molar-refractivity contribution in [2.45, 2.75) is 43.9 Å². The van der Waals surface area contributed by atoms with Crippen LogP contribution < -0.4 is 5.32 Å². The summed E-state index contributed by atoms with van der Waals surface area (Å²) in [5.74, 6) is 1.32. The van der Waals surface area contributed by atoms with E-state index in [-0.39, 0.29) is 0 Å². The van der Waals surface area contributed by atoms with Crippen molar-refractivity contribution in [2.75, 3.05) is 12.8 Å². The molecule has 0 amide bonds. The van der Waals surface area contributed by atoms with Gasteiger partial charge in [-0.05, 0) is 51.5 Å². The van der Waals surface area contributed by atoms with Crippen LogP contribution in [0.3, 0.4) is 0 Å². The fourth-order valence-corrected chi connectivity index (χ4v) is 4.10. The monoisotopic (exact) mass is 249 g/mol. The maximum absolute atomic E-state index is 3.53. The van der Waals surface area contributed by atoms with Crippen molar-refractivity contribution in [1.82, 2.24) is 5.32 Å². The predicted molar refractivity (Wildman–Crippen MR) is 77.8 cm³/mol. The largest absolute Gasteiger partial charge is 0.315 e. The van der Waals surface area contributed by atoms with Crippen molar-refractivity contribution in [1.29, 1.82) is 0 Å². The van der Waals surface area contributed by atoms with Crippen LogP contribution in [-0.4, -0.2) is 23.6 Å². The first kappa shape index (κ1) is 13.0. The van der Waals surface area contributed by atoms with Gasteiger partial charge in [-0.2, -0.15) is 11.8 Å². The van der Waals surface area contributed by atoms with E-state index in [1.54, 1.807) is 0 Å². The van der Waals surface area contributed by atoms with Crippen LogP contribution in [0.5, 0.6) is 0 Å². The Morgan fingerprint density at radius 3 is 2.59 bits per heavy atom. The predicted octanol–water partition coefficient (Wildman–Crippen LogP) is 3.41. The Morgan fingerprint density at radius 1 is 1.35 bits per heavy atom. The zero-order chi connectivity index (χ0) is 12.3. The maximum atomic E-state index is 3.53. The highest BCUT2D eigenvalue weighted by molar-refractivity contribution is 8.00. The van der Waals surface area contributed by atoms with Gasteiger partial charge in [0.15, 0.2) is 0 Å². The highest BCUT2D eigenvalue weighted by atomic mass is 32.2. The van der Waals surface area contributed by atoms with E-state index in [2.05, 4.69) is 62.2 Å². The number of thioether (sulfide) groups is 1. The molecule has 0 saturated carbocycles. The Hall–Kier alpha value is -0.470. The maximum Gasteiger partial charge on any atom is 0.0288 e. The number of benzene rings is 1. The molecule has 1 aromatic carbocycles. The summed E-state index contributed by atoms with van der Waals surface area (Å²) in [6.45, 7) is 4.56. The molecule has 1 heterocycles. The minimum atomic E-state index is 0.416. The molecule has 1 aliphatic heterocycles. The molecular weight excluding hydrogens is 226 g/mol. The highest BCUT2D eigenvalue weighted by Crippen LogP contribution is 2.41. The lowest BCUT2D eigenvalue weighted by molar-refractivity contribution is 0.424. The van der Waals surface area contributed by atoms with Gasteiger partial charge in [-0.25, -0.2) is 0 Å². The summed E-state index contributed by atoms with van der Waals surface area (Å²) in [5.41, 5.74) is 2.79. The lowest BCUT2D eigenvalue weighted by Crippen LogP contribution is -2.45. The van der Waals surface area contributed by atoms with Crippen LogP contribution in [0.1, 0.15) is 30.9 Å². The Balaban J connectivity index is 2.06. The van der Waals surface area contributed by atoms with Crippen molar-refractivity contribution in [3.05, 3.63) is 35.4 Å². The molecule has 2 heteroatoms. The molecule has 1 aromatic rings. The van der Waals surface area contributed by atoms with Crippen LogP contribution in [0.2, 0.25) is 0 Å². The second-order valence-corrected chi connectivity index (χ2v) is 6.93. The van der Waals surface area contributed by atoms with Gasteiger partial charge in [-0.15, -0.1) is 0 Å². The Morgan fingerprint density at radius 2 is 2.06 bits per heavy atom. The number of aryl methyl sites for hydroxylation is 1. The summed E-state index contributed by atoms with van der Waals surface area (Å²) in [6, 6.07) is 9.54. The summed E-state index contributed by atoms with van der Waals surface area (Å²) in [6.07, 6.45) is 3.85. The fraction of sp³-hybridized carbons (Fsp3) is 0.600. The first-order chi connectivity index (χ1) is 8.14. The second kappa shape index (κ2) is 5.45. The summed E-state index contributed by atoms with van der Waals surface area (Å²) >= 11 is 2.14. The molecule has 1 nitrogen and oxygen atoms in total. The Labute approximate surface area is 109 Å². The summed E-state index contributed by atoms with van der Waals surface area (Å²) < 4.78 is 0.416. The number of nitrogens with one attached hydrogen (secondary N) is 1. The third kappa shape index (κ3) is 3.05. The van der Waals surface area contributed by atoms with Gasteiger partial charge in [0.25, 0.3) is 0 Å². The first-order valence-electron chi connectivity index (χ1n) is 6.51. The van der Waals surface area contributed by atoms with Crippen LogP contribution in [-0.2, 0) is 6.42 Å². The molecule has 0 radical (unpaired) electrons. The Bertz CT molecular complexity index is 352. The lowest BCUT2D eigenvalue weighted by Gasteiger charge is -2.33. The number of rotatable bonds is 4. The molecule has 2 unspecified atom stereocenters. The molecule has 2 rings (SSSR count). The summed E-state index contributed by atoms with van der Waals surface area (Å²) in [5, 5.41) is 3.53. The molecule has 17 heavy (non-hydrogen) atoms. The molecule has 0 bridgehead atoms. The van der Waals surface area contributed by atoms with Gasteiger partial charge in [0, 0.05) is 10.8 Å². The van der Waals surface area contributed by atoms with E-state index in [1.807, 2.05) is 0 Å². The number of hydrogen-bond donors (Lipinski definition) is 1. The van der Waals surface area contributed by atoms with Crippen LogP contribution in [0.15, 0.2) is 24.3 Å². The van der Waals surface area contributed by atoms with Crippen LogP contribution in [0, 0.1) is 6.92 Å². The summed E-state index contributed by atoms with van der Waals surface area (Å²) in [7, 11) is 2.10. The van der Waals surface area contributed by atoms with Gasteiger partial charge in [0.2, 0.25) is 0 Å². The molecule has 0 aliphatic carbocycles. The highest BCUT2D eigenvalue weighted by Gasteiger charge is 2.36. The van der Waals surface area contributed by atoms with Gasteiger partial charge in [-0.1, -0.05) is 29.8 Å². The average Bonchev–Trinajstić information content (AvgIpc) is 2.76. The van der Waals surface area contributed by atoms with E-state index >= 15 is 0 Å². The van der Waals surface area contributed by atoms with Gasteiger partial charge >= 0.3 is 0 Å². The standard InChI is InChI=1S/C15H23NS/c1-12-5-7-13(8-6-12)11-14(16-3)15(2)9-4-10-17-15/h5-8,14,16H,4,9-11H2,1-3H3. The van der Waals surface area contributed by atoms with E-state index in [0.29, 0.717) is 10.8 Å². The third-order valence-corrected chi connectivity index (χ3v) is 5.54. The molecule has 1 saturated heterocycles. The van der Waals surface area contributed by atoms with Gasteiger partial charge in [0.1, 0.15) is 0 Å². The van der Waals surface area contributed by atoms with Crippen molar-refractivity contribution in [2.24, 2.45) is 0 Å². The van der Waals surface area contributed by atoms with Crippen LogP contribution >= 0.6 is 11.8 Å². The van der Waals surface area contributed by atoms with Crippen molar-refractivity contribution >= 4 is 11.8 Å². The topological polar surface area (TPSA) is 12.0 Å². The smallest absolute Gasteiger partial charge is 0.0288 e. The van der Waals surface area contributed by atoms with E-state index in [0.717, 1.165) is 6.42 Å². The lowest BCUT2D eigenvalue weighted by atomic mass is 9.91. The second-order valence-electron chi connectivity index (χ2n) is 5.30. The van der Waals surface area contributed by atoms with Crippen LogP contribution in [0.25, 0.3) is 0 Å². The molecule has 1 aliphatic rings. The van der Waals surface area contributed by atoms with Crippen molar-refractivity contribution < 1.29 is 0 Å². The third-order valence-electron chi connectivity index (χ3n) is 3.90. The zero-order valence-corrected chi connectivity index (χ0v) is 11.9. The average molecular weight is 249 g/mol. The molecule has 2 atom stereocenters. The van der Waals surface area contributed by atoms with E-state index in [1.165, 1.54) is 29.7 Å².